The molecule has 1 saturated heterocycles. The van der Waals surface area contributed by atoms with Crippen LogP contribution in [0.2, 0.25) is 0 Å². The van der Waals surface area contributed by atoms with Crippen LogP contribution >= 0.6 is 0 Å². The monoisotopic (exact) mass is 369 g/mol. The molecule has 6 nitrogen and oxygen atoms in total. The number of aromatic nitrogens is 1. The average molecular weight is 369 g/mol. The molecular formula is C21H27N3O3. The molecule has 1 aromatic heterocycles. The molecular weight excluding hydrogens is 342 g/mol. The lowest BCUT2D eigenvalue weighted by atomic mass is 9.95. The molecule has 3 rings (SSSR count). The van der Waals surface area contributed by atoms with Crippen LogP contribution in [0.1, 0.15) is 40.9 Å². The lowest BCUT2D eigenvalue weighted by Crippen LogP contribution is -2.45. The van der Waals surface area contributed by atoms with E-state index < -0.39 is 0 Å². The summed E-state index contributed by atoms with van der Waals surface area (Å²) in [6.07, 6.45) is 2.14. The minimum atomic E-state index is -0.196. The van der Waals surface area contributed by atoms with Crippen LogP contribution in [0.3, 0.4) is 0 Å². The fourth-order valence-corrected chi connectivity index (χ4v) is 3.63. The summed E-state index contributed by atoms with van der Waals surface area (Å²) in [5.41, 5.74) is 3.40. The molecule has 0 saturated carbocycles. The van der Waals surface area contributed by atoms with Crippen molar-refractivity contribution < 1.29 is 14.7 Å². The second-order valence-electron chi connectivity index (χ2n) is 7.29. The van der Waals surface area contributed by atoms with Gasteiger partial charge in [0.1, 0.15) is 0 Å². The third-order valence-electron chi connectivity index (χ3n) is 5.04. The van der Waals surface area contributed by atoms with Gasteiger partial charge in [-0.05, 0) is 50.8 Å². The van der Waals surface area contributed by atoms with Crippen LogP contribution in [0.4, 0.5) is 0 Å². The van der Waals surface area contributed by atoms with Crippen molar-refractivity contribution in [1.29, 1.82) is 0 Å². The molecule has 0 spiro atoms. The number of amides is 2. The Hall–Kier alpha value is -2.47. The van der Waals surface area contributed by atoms with E-state index in [0.717, 1.165) is 35.0 Å². The Bertz CT molecular complexity index is 845. The van der Waals surface area contributed by atoms with Gasteiger partial charge in [0.25, 0.3) is 5.91 Å². The third kappa shape index (κ3) is 4.45. The number of aliphatic hydroxyl groups is 1. The molecule has 0 radical (unpaired) electrons. The van der Waals surface area contributed by atoms with Gasteiger partial charge in [0.05, 0.1) is 17.0 Å². The summed E-state index contributed by atoms with van der Waals surface area (Å²) in [6.45, 7) is 5.52. The number of carbonyl (C=O) groups excluding carboxylic acids is 2. The number of piperidine rings is 1. The summed E-state index contributed by atoms with van der Waals surface area (Å²) >= 11 is 0. The number of hydrogen-bond acceptors (Lipinski definition) is 4. The summed E-state index contributed by atoms with van der Waals surface area (Å²) in [4.78, 5) is 31.9. The highest BCUT2D eigenvalue weighted by atomic mass is 16.3. The van der Waals surface area contributed by atoms with Gasteiger partial charge in [-0.2, -0.15) is 0 Å². The number of nitrogens with zero attached hydrogens (tertiary/aromatic N) is 2. The largest absolute Gasteiger partial charge is 0.396 e. The first kappa shape index (κ1) is 19.3. The first-order valence-corrected chi connectivity index (χ1v) is 9.55. The Labute approximate surface area is 159 Å². The molecule has 1 unspecified atom stereocenters. The number of benzene rings is 1. The molecule has 0 bridgehead atoms. The van der Waals surface area contributed by atoms with Gasteiger partial charge in [-0.15, -0.1) is 0 Å². The quantitative estimate of drug-likeness (QED) is 0.792. The molecule has 2 aromatic rings. The fraction of sp³-hybridized carbons (Fsp3) is 0.476. The zero-order valence-corrected chi connectivity index (χ0v) is 16.0. The number of likely N-dealkylation sites (tertiary alicyclic amines) is 1. The first-order valence-electron chi connectivity index (χ1n) is 9.55. The SMILES string of the molecule is Cc1ccc2c(C(=O)N3CCCC(C(=O)NCCCO)C3)cc(C)nc2c1. The van der Waals surface area contributed by atoms with Crippen LogP contribution in [-0.4, -0.2) is 53.0 Å². The smallest absolute Gasteiger partial charge is 0.254 e. The number of aryl methyl sites for hydroxylation is 2. The second kappa shape index (κ2) is 8.48. The molecule has 2 heterocycles. The van der Waals surface area contributed by atoms with Gasteiger partial charge in [0.15, 0.2) is 0 Å². The summed E-state index contributed by atoms with van der Waals surface area (Å²) in [7, 11) is 0. The van der Waals surface area contributed by atoms with Crippen molar-refractivity contribution in [1.82, 2.24) is 15.2 Å². The number of aliphatic hydroxyl groups excluding tert-OH is 1. The minimum absolute atomic E-state index is 0.0349. The number of rotatable bonds is 5. The van der Waals surface area contributed by atoms with E-state index in [9.17, 15) is 9.59 Å². The number of nitrogens with one attached hydrogen (secondary N) is 1. The molecule has 1 aliphatic heterocycles. The van der Waals surface area contributed by atoms with Crippen LogP contribution in [0, 0.1) is 19.8 Å². The van der Waals surface area contributed by atoms with Crippen molar-refractivity contribution in [2.45, 2.75) is 33.1 Å². The fourth-order valence-electron chi connectivity index (χ4n) is 3.63. The standard InChI is InChI=1S/C21H27N3O3/c1-14-6-7-17-18(12-15(2)23-19(17)11-14)21(27)24-9-3-5-16(13-24)20(26)22-8-4-10-25/h6-7,11-12,16,25H,3-5,8-10,13H2,1-2H3,(H,22,26). The topological polar surface area (TPSA) is 82.5 Å². The van der Waals surface area contributed by atoms with E-state index in [0.29, 0.717) is 31.6 Å². The molecule has 1 aromatic carbocycles. The Morgan fingerprint density at radius 2 is 2.11 bits per heavy atom. The van der Waals surface area contributed by atoms with E-state index in [1.165, 1.54) is 0 Å². The van der Waals surface area contributed by atoms with Crippen molar-refractivity contribution >= 4 is 22.7 Å². The molecule has 1 fully saturated rings. The van der Waals surface area contributed by atoms with Crippen LogP contribution in [-0.2, 0) is 4.79 Å². The zero-order valence-electron chi connectivity index (χ0n) is 16.0. The molecule has 2 N–H and O–H groups in total. The van der Waals surface area contributed by atoms with Crippen molar-refractivity contribution in [3.8, 4) is 0 Å². The number of fused-ring (bicyclic) bond motifs is 1. The summed E-state index contributed by atoms with van der Waals surface area (Å²) in [6, 6.07) is 7.77. The maximum absolute atomic E-state index is 13.2. The number of pyridine rings is 1. The number of hydrogen-bond donors (Lipinski definition) is 2. The van der Waals surface area contributed by atoms with Gasteiger partial charge in [-0.3, -0.25) is 14.6 Å². The second-order valence-corrected chi connectivity index (χ2v) is 7.29. The van der Waals surface area contributed by atoms with E-state index in [1.807, 2.05) is 38.1 Å². The molecule has 1 aliphatic rings. The lowest BCUT2D eigenvalue weighted by molar-refractivity contribution is -0.126. The van der Waals surface area contributed by atoms with Gasteiger partial charge in [-0.25, -0.2) is 0 Å². The van der Waals surface area contributed by atoms with Gasteiger partial charge in [-0.1, -0.05) is 12.1 Å². The highest BCUT2D eigenvalue weighted by molar-refractivity contribution is 6.06. The highest BCUT2D eigenvalue weighted by Crippen LogP contribution is 2.24. The van der Waals surface area contributed by atoms with Gasteiger partial charge in [0.2, 0.25) is 5.91 Å². The van der Waals surface area contributed by atoms with Gasteiger partial charge in [0, 0.05) is 37.3 Å². The van der Waals surface area contributed by atoms with Crippen LogP contribution < -0.4 is 5.32 Å². The molecule has 144 valence electrons. The molecule has 0 aliphatic carbocycles. The van der Waals surface area contributed by atoms with E-state index in [2.05, 4.69) is 10.3 Å². The Morgan fingerprint density at radius 1 is 1.30 bits per heavy atom. The van der Waals surface area contributed by atoms with E-state index in [4.69, 9.17) is 5.11 Å². The van der Waals surface area contributed by atoms with Crippen molar-refractivity contribution in [3.63, 3.8) is 0 Å². The van der Waals surface area contributed by atoms with Crippen LogP contribution in [0.5, 0.6) is 0 Å². The van der Waals surface area contributed by atoms with Crippen LogP contribution in [0.15, 0.2) is 24.3 Å². The minimum Gasteiger partial charge on any atom is -0.396 e. The van der Waals surface area contributed by atoms with Crippen molar-refractivity contribution in [3.05, 3.63) is 41.1 Å². The maximum atomic E-state index is 13.2. The normalized spacial score (nSPS) is 17.1. The van der Waals surface area contributed by atoms with Crippen molar-refractivity contribution in [2.24, 2.45) is 5.92 Å². The summed E-state index contributed by atoms with van der Waals surface area (Å²) in [5.74, 6) is -0.271. The van der Waals surface area contributed by atoms with Crippen LogP contribution in [0.25, 0.3) is 10.9 Å². The molecule has 1 atom stereocenters. The summed E-state index contributed by atoms with van der Waals surface area (Å²) < 4.78 is 0. The lowest BCUT2D eigenvalue weighted by Gasteiger charge is -2.32. The zero-order chi connectivity index (χ0) is 19.4. The Balaban J connectivity index is 1.79. The van der Waals surface area contributed by atoms with Crippen molar-refractivity contribution in [2.75, 3.05) is 26.2 Å². The van der Waals surface area contributed by atoms with E-state index in [1.54, 1.807) is 4.90 Å². The van der Waals surface area contributed by atoms with E-state index in [-0.39, 0.29) is 24.3 Å². The molecule has 2 amide bonds. The first-order chi connectivity index (χ1) is 13.0. The molecule has 27 heavy (non-hydrogen) atoms. The maximum Gasteiger partial charge on any atom is 0.254 e. The Morgan fingerprint density at radius 3 is 2.89 bits per heavy atom. The molecule has 6 heteroatoms. The predicted molar refractivity (Wildman–Crippen MR) is 105 cm³/mol. The predicted octanol–water partition coefficient (Wildman–Crippen LogP) is 2.20. The van der Waals surface area contributed by atoms with Gasteiger partial charge >= 0.3 is 0 Å². The third-order valence-corrected chi connectivity index (χ3v) is 5.04. The Kier molecular flexibility index (Phi) is 6.06. The van der Waals surface area contributed by atoms with Gasteiger partial charge < -0.3 is 15.3 Å². The highest BCUT2D eigenvalue weighted by Gasteiger charge is 2.29. The number of carbonyl (C=O) groups is 2. The summed E-state index contributed by atoms with van der Waals surface area (Å²) in [5, 5.41) is 12.6. The average Bonchev–Trinajstić information content (AvgIpc) is 2.66. The van der Waals surface area contributed by atoms with E-state index >= 15 is 0 Å².